The van der Waals surface area contributed by atoms with Crippen molar-refractivity contribution in [2.24, 2.45) is 0 Å². The Hall–Kier alpha value is -0.380. The molecule has 2 rings (SSSR count). The Balaban J connectivity index is 1.96. The van der Waals surface area contributed by atoms with Gasteiger partial charge in [-0.05, 0) is 51.3 Å². The standard InChI is InChI=1S/C15H22BrNO/c1-10-7-15(8-11(2)18-10)17-12(3)13-5-4-6-14(16)9-13/h4-6,9-12,15,17H,7-8H2,1-3H3/t10?,11?,12-,15?/m0/s1. The molecule has 0 saturated carbocycles. The van der Waals surface area contributed by atoms with Crippen LogP contribution < -0.4 is 5.32 Å². The summed E-state index contributed by atoms with van der Waals surface area (Å²) in [5.74, 6) is 0. The summed E-state index contributed by atoms with van der Waals surface area (Å²) in [6.07, 6.45) is 2.92. The van der Waals surface area contributed by atoms with Gasteiger partial charge in [0.05, 0.1) is 12.2 Å². The average molecular weight is 312 g/mol. The summed E-state index contributed by atoms with van der Waals surface area (Å²) in [5, 5.41) is 3.72. The molecule has 0 bridgehead atoms. The minimum absolute atomic E-state index is 0.362. The van der Waals surface area contributed by atoms with Crippen molar-refractivity contribution in [2.75, 3.05) is 0 Å². The summed E-state index contributed by atoms with van der Waals surface area (Å²) in [5.41, 5.74) is 1.33. The molecule has 2 nitrogen and oxygen atoms in total. The van der Waals surface area contributed by atoms with Crippen molar-refractivity contribution < 1.29 is 4.74 Å². The lowest BCUT2D eigenvalue weighted by molar-refractivity contribution is -0.0433. The number of benzene rings is 1. The van der Waals surface area contributed by atoms with Gasteiger partial charge in [0.15, 0.2) is 0 Å². The largest absolute Gasteiger partial charge is 0.375 e. The third kappa shape index (κ3) is 3.81. The number of hydrogen-bond donors (Lipinski definition) is 1. The lowest BCUT2D eigenvalue weighted by Gasteiger charge is -2.34. The maximum Gasteiger partial charge on any atom is 0.0565 e. The van der Waals surface area contributed by atoms with E-state index in [1.54, 1.807) is 0 Å². The van der Waals surface area contributed by atoms with E-state index in [-0.39, 0.29) is 0 Å². The molecular weight excluding hydrogens is 290 g/mol. The quantitative estimate of drug-likeness (QED) is 0.909. The maximum atomic E-state index is 5.78. The highest BCUT2D eigenvalue weighted by atomic mass is 79.9. The van der Waals surface area contributed by atoms with Gasteiger partial charge in [0, 0.05) is 16.6 Å². The molecule has 1 aliphatic heterocycles. The lowest BCUT2D eigenvalue weighted by atomic mass is 9.98. The van der Waals surface area contributed by atoms with Crippen LogP contribution in [0.5, 0.6) is 0 Å². The van der Waals surface area contributed by atoms with Crippen LogP contribution in [-0.2, 0) is 4.74 Å². The van der Waals surface area contributed by atoms with Crippen molar-refractivity contribution >= 4 is 15.9 Å². The molecule has 0 spiro atoms. The summed E-state index contributed by atoms with van der Waals surface area (Å²) in [6.45, 7) is 6.55. The molecule has 18 heavy (non-hydrogen) atoms. The van der Waals surface area contributed by atoms with Gasteiger partial charge in [0.2, 0.25) is 0 Å². The van der Waals surface area contributed by atoms with Gasteiger partial charge in [0.1, 0.15) is 0 Å². The molecule has 3 heteroatoms. The predicted octanol–water partition coefficient (Wildman–Crippen LogP) is 4.06. The topological polar surface area (TPSA) is 21.3 Å². The van der Waals surface area contributed by atoms with E-state index in [9.17, 15) is 0 Å². The lowest BCUT2D eigenvalue weighted by Crippen LogP contribution is -2.42. The predicted molar refractivity (Wildman–Crippen MR) is 78.7 cm³/mol. The first-order valence-corrected chi connectivity index (χ1v) is 7.51. The van der Waals surface area contributed by atoms with Gasteiger partial charge >= 0.3 is 0 Å². The van der Waals surface area contributed by atoms with Crippen LogP contribution in [0.2, 0.25) is 0 Å². The van der Waals surface area contributed by atoms with Gasteiger partial charge in [0.25, 0.3) is 0 Å². The zero-order valence-corrected chi connectivity index (χ0v) is 12.9. The van der Waals surface area contributed by atoms with Crippen LogP contribution in [0.15, 0.2) is 28.7 Å². The monoisotopic (exact) mass is 311 g/mol. The highest BCUT2D eigenvalue weighted by molar-refractivity contribution is 9.10. The number of hydrogen-bond acceptors (Lipinski definition) is 2. The van der Waals surface area contributed by atoms with Crippen molar-refractivity contribution in [1.82, 2.24) is 5.32 Å². The Morgan fingerprint density at radius 3 is 2.56 bits per heavy atom. The Morgan fingerprint density at radius 2 is 1.94 bits per heavy atom. The minimum atomic E-state index is 0.362. The average Bonchev–Trinajstić information content (AvgIpc) is 2.27. The number of nitrogens with one attached hydrogen (secondary N) is 1. The van der Waals surface area contributed by atoms with Crippen molar-refractivity contribution in [3.63, 3.8) is 0 Å². The third-order valence-electron chi connectivity index (χ3n) is 3.53. The van der Waals surface area contributed by atoms with E-state index in [4.69, 9.17) is 4.74 Å². The minimum Gasteiger partial charge on any atom is -0.375 e. The van der Waals surface area contributed by atoms with Crippen LogP contribution >= 0.6 is 15.9 Å². The van der Waals surface area contributed by atoms with E-state index in [1.165, 1.54) is 5.56 Å². The van der Waals surface area contributed by atoms with Crippen molar-refractivity contribution in [3.05, 3.63) is 34.3 Å². The zero-order chi connectivity index (χ0) is 13.1. The van der Waals surface area contributed by atoms with Gasteiger partial charge in [-0.3, -0.25) is 0 Å². The van der Waals surface area contributed by atoms with Crippen molar-refractivity contribution in [2.45, 2.75) is 57.9 Å². The van der Waals surface area contributed by atoms with Gasteiger partial charge < -0.3 is 10.1 Å². The van der Waals surface area contributed by atoms with Crippen molar-refractivity contribution in [1.29, 1.82) is 0 Å². The SMILES string of the molecule is CC1CC(N[C@@H](C)c2cccc(Br)c2)CC(C)O1. The smallest absolute Gasteiger partial charge is 0.0565 e. The van der Waals surface area contributed by atoms with Gasteiger partial charge in [-0.2, -0.15) is 0 Å². The second-order valence-electron chi connectivity index (χ2n) is 5.37. The Kier molecular flexibility index (Phi) is 4.82. The molecule has 1 saturated heterocycles. The van der Waals surface area contributed by atoms with E-state index < -0.39 is 0 Å². The van der Waals surface area contributed by atoms with Crippen LogP contribution in [0.4, 0.5) is 0 Å². The van der Waals surface area contributed by atoms with Crippen LogP contribution in [0.25, 0.3) is 0 Å². The first kappa shape index (κ1) is 14.0. The van der Waals surface area contributed by atoms with Gasteiger partial charge in [-0.25, -0.2) is 0 Å². The third-order valence-corrected chi connectivity index (χ3v) is 4.03. The van der Waals surface area contributed by atoms with Crippen LogP contribution in [-0.4, -0.2) is 18.2 Å². The molecule has 1 heterocycles. The summed E-state index contributed by atoms with van der Waals surface area (Å²) in [6, 6.07) is 9.45. The molecule has 2 unspecified atom stereocenters. The maximum absolute atomic E-state index is 5.78. The Morgan fingerprint density at radius 1 is 1.28 bits per heavy atom. The first-order valence-electron chi connectivity index (χ1n) is 6.71. The number of rotatable bonds is 3. The molecule has 1 aromatic rings. The Bertz CT molecular complexity index is 386. The van der Waals surface area contributed by atoms with E-state index in [0.29, 0.717) is 24.3 Å². The van der Waals surface area contributed by atoms with E-state index in [2.05, 4.69) is 66.3 Å². The molecule has 0 aromatic heterocycles. The molecule has 3 atom stereocenters. The molecule has 100 valence electrons. The van der Waals surface area contributed by atoms with Gasteiger partial charge in [-0.15, -0.1) is 0 Å². The van der Waals surface area contributed by atoms with Crippen molar-refractivity contribution in [3.8, 4) is 0 Å². The van der Waals surface area contributed by atoms with E-state index in [1.807, 2.05) is 0 Å². The van der Waals surface area contributed by atoms with E-state index in [0.717, 1.165) is 17.3 Å². The van der Waals surface area contributed by atoms with Crippen LogP contribution in [0, 0.1) is 0 Å². The van der Waals surface area contributed by atoms with Crippen LogP contribution in [0.1, 0.15) is 45.2 Å². The molecule has 0 aliphatic carbocycles. The summed E-state index contributed by atoms with van der Waals surface area (Å²) in [4.78, 5) is 0. The Labute approximate surface area is 118 Å². The molecular formula is C15H22BrNO. The summed E-state index contributed by atoms with van der Waals surface area (Å²) < 4.78 is 6.92. The number of halogens is 1. The molecule has 1 N–H and O–H groups in total. The highest BCUT2D eigenvalue weighted by Crippen LogP contribution is 2.23. The molecule has 1 fully saturated rings. The summed E-state index contributed by atoms with van der Waals surface area (Å²) in [7, 11) is 0. The summed E-state index contributed by atoms with van der Waals surface area (Å²) >= 11 is 3.53. The van der Waals surface area contributed by atoms with Gasteiger partial charge in [-0.1, -0.05) is 28.1 Å². The number of ether oxygens (including phenoxy) is 1. The normalized spacial score (nSPS) is 30.1. The second kappa shape index (κ2) is 6.18. The van der Waals surface area contributed by atoms with E-state index >= 15 is 0 Å². The highest BCUT2D eigenvalue weighted by Gasteiger charge is 2.25. The fraction of sp³-hybridized carbons (Fsp3) is 0.600. The van der Waals surface area contributed by atoms with Crippen LogP contribution in [0.3, 0.4) is 0 Å². The molecule has 0 amide bonds. The zero-order valence-electron chi connectivity index (χ0n) is 11.3. The molecule has 1 aliphatic rings. The first-order chi connectivity index (χ1) is 8.54. The molecule has 0 radical (unpaired) electrons. The second-order valence-corrected chi connectivity index (χ2v) is 6.28. The fourth-order valence-electron chi connectivity index (χ4n) is 2.77. The fourth-order valence-corrected chi connectivity index (χ4v) is 3.18. The molecule has 1 aromatic carbocycles.